The fraction of sp³-hybridized carbons (Fsp3) is 0.455. The fourth-order valence-electron chi connectivity index (χ4n) is 2.00. The van der Waals surface area contributed by atoms with Gasteiger partial charge < -0.3 is 0 Å². The second-order valence-corrected chi connectivity index (χ2v) is 4.47. The number of nitrogens with zero attached hydrogens (tertiary/aromatic N) is 4. The van der Waals surface area contributed by atoms with Crippen LogP contribution in [0.25, 0.3) is 0 Å². The molecule has 1 saturated heterocycles. The quantitative estimate of drug-likeness (QED) is 0.780. The Labute approximate surface area is 110 Å². The molecule has 1 atom stereocenters. The van der Waals surface area contributed by atoms with Crippen LogP contribution in [-0.4, -0.2) is 28.4 Å². The summed E-state index contributed by atoms with van der Waals surface area (Å²) in [7, 11) is 0. The SMILES string of the molecule is N#CCc1[nH]nc(N2CC(CS)CC2=O)c1C#N. The van der Waals surface area contributed by atoms with Crippen LogP contribution in [0.4, 0.5) is 5.82 Å². The van der Waals surface area contributed by atoms with Gasteiger partial charge in [-0.1, -0.05) is 0 Å². The van der Waals surface area contributed by atoms with Crippen LogP contribution in [0.2, 0.25) is 0 Å². The van der Waals surface area contributed by atoms with Crippen molar-refractivity contribution in [2.24, 2.45) is 5.92 Å². The molecule has 0 bridgehead atoms. The molecule has 1 aliphatic heterocycles. The highest BCUT2D eigenvalue weighted by molar-refractivity contribution is 7.80. The first-order valence-electron chi connectivity index (χ1n) is 5.46. The van der Waals surface area contributed by atoms with Crippen molar-refractivity contribution in [3.63, 3.8) is 0 Å². The fourth-order valence-corrected chi connectivity index (χ4v) is 2.24. The summed E-state index contributed by atoms with van der Waals surface area (Å²) in [6, 6.07) is 3.96. The van der Waals surface area contributed by atoms with Crippen LogP contribution < -0.4 is 4.90 Å². The van der Waals surface area contributed by atoms with E-state index in [0.717, 1.165) is 0 Å². The van der Waals surface area contributed by atoms with Crippen LogP contribution in [0.1, 0.15) is 17.7 Å². The molecule has 1 fully saturated rings. The van der Waals surface area contributed by atoms with Crippen LogP contribution in [0.15, 0.2) is 0 Å². The Balaban J connectivity index is 2.33. The number of anilines is 1. The molecule has 1 N–H and O–H groups in total. The van der Waals surface area contributed by atoms with Crippen molar-refractivity contribution < 1.29 is 4.79 Å². The minimum absolute atomic E-state index is 0.0550. The largest absolute Gasteiger partial charge is 0.294 e. The van der Waals surface area contributed by atoms with E-state index in [4.69, 9.17) is 10.5 Å². The van der Waals surface area contributed by atoms with E-state index in [2.05, 4.69) is 22.8 Å². The number of hydrogen-bond donors (Lipinski definition) is 2. The van der Waals surface area contributed by atoms with E-state index < -0.39 is 0 Å². The Morgan fingerprint density at radius 2 is 2.33 bits per heavy atom. The van der Waals surface area contributed by atoms with E-state index in [1.807, 2.05) is 12.1 Å². The number of carbonyl (C=O) groups excluding carboxylic acids is 1. The lowest BCUT2D eigenvalue weighted by molar-refractivity contribution is -0.117. The molecular formula is C11H11N5OS. The van der Waals surface area contributed by atoms with Gasteiger partial charge in [0.15, 0.2) is 5.82 Å². The number of rotatable bonds is 3. The zero-order valence-electron chi connectivity index (χ0n) is 9.55. The van der Waals surface area contributed by atoms with Crippen LogP contribution in [0, 0.1) is 28.6 Å². The number of hydrogen-bond acceptors (Lipinski definition) is 5. The molecule has 0 aromatic carbocycles. The Kier molecular flexibility index (Phi) is 3.54. The summed E-state index contributed by atoms with van der Waals surface area (Å²) >= 11 is 4.18. The number of nitrogens with one attached hydrogen (secondary N) is 1. The van der Waals surface area contributed by atoms with Crippen molar-refractivity contribution in [1.82, 2.24) is 10.2 Å². The van der Waals surface area contributed by atoms with Crippen LogP contribution in [-0.2, 0) is 11.2 Å². The molecule has 1 amide bonds. The highest BCUT2D eigenvalue weighted by Gasteiger charge is 2.33. The Morgan fingerprint density at radius 3 is 2.89 bits per heavy atom. The number of carbonyl (C=O) groups is 1. The van der Waals surface area contributed by atoms with Crippen molar-refractivity contribution in [1.29, 1.82) is 10.5 Å². The summed E-state index contributed by atoms with van der Waals surface area (Å²) < 4.78 is 0. The molecule has 7 heteroatoms. The highest BCUT2D eigenvalue weighted by atomic mass is 32.1. The maximum atomic E-state index is 11.8. The molecule has 6 nitrogen and oxygen atoms in total. The summed E-state index contributed by atoms with van der Waals surface area (Å²) in [6.07, 6.45) is 0.503. The monoisotopic (exact) mass is 261 g/mol. The minimum Gasteiger partial charge on any atom is -0.294 e. The normalized spacial score (nSPS) is 18.7. The number of nitriles is 2. The van der Waals surface area contributed by atoms with Gasteiger partial charge in [0.1, 0.15) is 11.6 Å². The molecule has 2 rings (SSSR count). The van der Waals surface area contributed by atoms with Gasteiger partial charge in [-0.2, -0.15) is 28.3 Å². The van der Waals surface area contributed by atoms with Crippen LogP contribution in [0.5, 0.6) is 0 Å². The van der Waals surface area contributed by atoms with E-state index in [1.54, 1.807) is 0 Å². The van der Waals surface area contributed by atoms with Gasteiger partial charge in [0, 0.05) is 13.0 Å². The molecule has 1 unspecified atom stereocenters. The molecule has 92 valence electrons. The Bertz CT molecular complexity index is 553. The number of amides is 1. The van der Waals surface area contributed by atoms with Crippen molar-refractivity contribution >= 4 is 24.4 Å². The van der Waals surface area contributed by atoms with Crippen LogP contribution in [0.3, 0.4) is 0 Å². The summed E-state index contributed by atoms with van der Waals surface area (Å²) in [5, 5.41) is 24.4. The van der Waals surface area contributed by atoms with Crippen molar-refractivity contribution in [2.75, 3.05) is 17.2 Å². The molecule has 1 aromatic heterocycles. The molecular weight excluding hydrogens is 250 g/mol. The summed E-state index contributed by atoms with van der Waals surface area (Å²) in [4.78, 5) is 13.3. The zero-order chi connectivity index (χ0) is 13.1. The van der Waals surface area contributed by atoms with Gasteiger partial charge in [-0.15, -0.1) is 0 Å². The number of H-pyrrole nitrogens is 1. The lowest BCUT2D eigenvalue weighted by Crippen LogP contribution is -2.25. The molecule has 0 radical (unpaired) electrons. The zero-order valence-corrected chi connectivity index (χ0v) is 10.4. The third-order valence-corrected chi connectivity index (χ3v) is 3.43. The number of aromatic amines is 1. The average Bonchev–Trinajstić information content (AvgIpc) is 2.92. The summed E-state index contributed by atoms with van der Waals surface area (Å²) in [6.45, 7) is 0.522. The Morgan fingerprint density at radius 1 is 1.56 bits per heavy atom. The van der Waals surface area contributed by atoms with E-state index >= 15 is 0 Å². The molecule has 1 aliphatic rings. The van der Waals surface area contributed by atoms with Gasteiger partial charge in [-0.3, -0.25) is 14.8 Å². The van der Waals surface area contributed by atoms with E-state index in [0.29, 0.717) is 30.2 Å². The molecule has 0 saturated carbocycles. The standard InChI is InChI=1S/C11H11N5OS/c12-2-1-9-8(4-13)11(15-14-9)16-5-7(6-18)3-10(16)17/h7,18H,1,3,5-6H2,(H,14,15). The van der Waals surface area contributed by atoms with E-state index in [9.17, 15) is 4.79 Å². The molecule has 1 aromatic rings. The first-order chi connectivity index (χ1) is 8.71. The third-order valence-electron chi connectivity index (χ3n) is 2.91. The van der Waals surface area contributed by atoms with Crippen LogP contribution >= 0.6 is 12.6 Å². The maximum Gasteiger partial charge on any atom is 0.228 e. The second kappa shape index (κ2) is 5.11. The lowest BCUT2D eigenvalue weighted by atomic mass is 10.1. The van der Waals surface area contributed by atoms with Gasteiger partial charge >= 0.3 is 0 Å². The minimum atomic E-state index is -0.0550. The van der Waals surface area contributed by atoms with Gasteiger partial charge in [0.2, 0.25) is 5.91 Å². The first kappa shape index (κ1) is 12.5. The maximum absolute atomic E-state index is 11.8. The smallest absolute Gasteiger partial charge is 0.228 e. The highest BCUT2D eigenvalue weighted by Crippen LogP contribution is 2.28. The molecule has 0 aliphatic carbocycles. The van der Waals surface area contributed by atoms with Crippen molar-refractivity contribution in [3.05, 3.63) is 11.3 Å². The van der Waals surface area contributed by atoms with E-state index in [-0.39, 0.29) is 23.8 Å². The van der Waals surface area contributed by atoms with Crippen molar-refractivity contribution in [2.45, 2.75) is 12.8 Å². The molecule has 0 spiro atoms. The molecule has 18 heavy (non-hydrogen) atoms. The van der Waals surface area contributed by atoms with Crippen molar-refractivity contribution in [3.8, 4) is 12.1 Å². The topological polar surface area (TPSA) is 96.6 Å². The predicted molar refractivity (Wildman–Crippen MR) is 66.9 cm³/mol. The summed E-state index contributed by atoms with van der Waals surface area (Å²) in [5.74, 6) is 1.08. The third kappa shape index (κ3) is 2.05. The predicted octanol–water partition coefficient (Wildman–Crippen LogP) is 0.630. The van der Waals surface area contributed by atoms with Gasteiger partial charge in [0.25, 0.3) is 0 Å². The number of thiol groups is 1. The number of aromatic nitrogens is 2. The lowest BCUT2D eigenvalue weighted by Gasteiger charge is -2.13. The molecule has 2 heterocycles. The Hall–Kier alpha value is -1.99. The average molecular weight is 261 g/mol. The van der Waals surface area contributed by atoms with E-state index in [1.165, 1.54) is 4.90 Å². The second-order valence-electron chi connectivity index (χ2n) is 4.10. The van der Waals surface area contributed by atoms with Gasteiger partial charge in [-0.25, -0.2) is 0 Å². The van der Waals surface area contributed by atoms with Gasteiger partial charge in [0.05, 0.1) is 18.2 Å². The van der Waals surface area contributed by atoms with Gasteiger partial charge in [-0.05, 0) is 11.7 Å². The summed E-state index contributed by atoms with van der Waals surface area (Å²) in [5.41, 5.74) is 0.738. The first-order valence-corrected chi connectivity index (χ1v) is 6.10.